The molecule has 2 fully saturated rings. The molecule has 1 N–H and O–H groups in total. The first-order valence-electron chi connectivity index (χ1n) is 5.84. The number of carbonyl (C=O) groups excluding carboxylic acids is 1. The SMILES string of the molecule is CCCN(C(=O)C1CCNC1)C1CC1. The molecule has 1 saturated heterocycles. The molecule has 3 nitrogen and oxygen atoms in total. The lowest BCUT2D eigenvalue weighted by Gasteiger charge is -2.24. The van der Waals surface area contributed by atoms with Crippen LogP contribution in [-0.2, 0) is 4.79 Å². The van der Waals surface area contributed by atoms with Gasteiger partial charge in [0.25, 0.3) is 0 Å². The molecule has 0 spiro atoms. The van der Waals surface area contributed by atoms with E-state index in [1.54, 1.807) is 0 Å². The average molecular weight is 196 g/mol. The molecule has 0 aromatic heterocycles. The zero-order valence-electron chi connectivity index (χ0n) is 8.96. The number of hydrogen-bond acceptors (Lipinski definition) is 2. The predicted molar refractivity (Wildman–Crippen MR) is 56.0 cm³/mol. The summed E-state index contributed by atoms with van der Waals surface area (Å²) < 4.78 is 0. The highest BCUT2D eigenvalue weighted by molar-refractivity contribution is 5.80. The van der Waals surface area contributed by atoms with Gasteiger partial charge in [-0.3, -0.25) is 4.79 Å². The minimum Gasteiger partial charge on any atom is -0.339 e. The fourth-order valence-electron chi connectivity index (χ4n) is 2.20. The fourth-order valence-corrected chi connectivity index (χ4v) is 2.20. The van der Waals surface area contributed by atoms with Gasteiger partial charge in [0.05, 0.1) is 5.92 Å². The summed E-state index contributed by atoms with van der Waals surface area (Å²) in [6.07, 6.45) is 4.58. The van der Waals surface area contributed by atoms with Gasteiger partial charge in [-0.1, -0.05) is 6.92 Å². The van der Waals surface area contributed by atoms with Crippen LogP contribution in [0.2, 0.25) is 0 Å². The van der Waals surface area contributed by atoms with E-state index in [-0.39, 0.29) is 5.92 Å². The second-order valence-corrected chi connectivity index (χ2v) is 4.45. The molecule has 0 aromatic rings. The van der Waals surface area contributed by atoms with E-state index in [9.17, 15) is 4.79 Å². The van der Waals surface area contributed by atoms with Gasteiger partial charge in [0.2, 0.25) is 5.91 Å². The van der Waals surface area contributed by atoms with E-state index in [1.807, 2.05) is 0 Å². The molecule has 1 amide bonds. The monoisotopic (exact) mass is 196 g/mol. The number of rotatable bonds is 4. The van der Waals surface area contributed by atoms with Crippen LogP contribution in [-0.4, -0.2) is 36.5 Å². The molecule has 14 heavy (non-hydrogen) atoms. The molecule has 1 atom stereocenters. The normalized spacial score (nSPS) is 26.5. The molecule has 1 saturated carbocycles. The summed E-state index contributed by atoms with van der Waals surface area (Å²) in [5.41, 5.74) is 0. The number of hydrogen-bond donors (Lipinski definition) is 1. The van der Waals surface area contributed by atoms with Gasteiger partial charge < -0.3 is 10.2 Å². The van der Waals surface area contributed by atoms with Crippen molar-refractivity contribution in [3.8, 4) is 0 Å². The molecule has 0 bridgehead atoms. The average Bonchev–Trinajstić information content (AvgIpc) is 2.88. The lowest BCUT2D eigenvalue weighted by Crippen LogP contribution is -2.39. The van der Waals surface area contributed by atoms with Crippen molar-refractivity contribution in [1.29, 1.82) is 0 Å². The van der Waals surface area contributed by atoms with Crippen LogP contribution in [0.25, 0.3) is 0 Å². The van der Waals surface area contributed by atoms with Gasteiger partial charge >= 0.3 is 0 Å². The second kappa shape index (κ2) is 4.30. The van der Waals surface area contributed by atoms with E-state index in [0.717, 1.165) is 32.5 Å². The Kier molecular flexibility index (Phi) is 3.06. The third kappa shape index (κ3) is 2.08. The van der Waals surface area contributed by atoms with Crippen molar-refractivity contribution >= 4 is 5.91 Å². The zero-order chi connectivity index (χ0) is 9.97. The van der Waals surface area contributed by atoms with Crippen LogP contribution in [0.15, 0.2) is 0 Å². The molecule has 1 aliphatic carbocycles. The third-order valence-corrected chi connectivity index (χ3v) is 3.14. The summed E-state index contributed by atoms with van der Waals surface area (Å²) in [7, 11) is 0. The van der Waals surface area contributed by atoms with E-state index >= 15 is 0 Å². The van der Waals surface area contributed by atoms with Crippen LogP contribution in [0.3, 0.4) is 0 Å². The first-order chi connectivity index (χ1) is 6.83. The number of amides is 1. The van der Waals surface area contributed by atoms with Crippen LogP contribution in [0.1, 0.15) is 32.6 Å². The van der Waals surface area contributed by atoms with Gasteiger partial charge in [-0.2, -0.15) is 0 Å². The Balaban J connectivity index is 1.91. The Morgan fingerprint density at radius 2 is 2.21 bits per heavy atom. The molecule has 1 aliphatic heterocycles. The van der Waals surface area contributed by atoms with Crippen LogP contribution >= 0.6 is 0 Å². The van der Waals surface area contributed by atoms with E-state index in [4.69, 9.17) is 0 Å². The first kappa shape index (κ1) is 9.97. The lowest BCUT2D eigenvalue weighted by atomic mass is 10.1. The number of nitrogens with zero attached hydrogens (tertiary/aromatic N) is 1. The van der Waals surface area contributed by atoms with E-state index < -0.39 is 0 Å². The smallest absolute Gasteiger partial charge is 0.227 e. The lowest BCUT2D eigenvalue weighted by molar-refractivity contribution is -0.135. The van der Waals surface area contributed by atoms with Gasteiger partial charge in [-0.05, 0) is 32.2 Å². The van der Waals surface area contributed by atoms with Crippen LogP contribution in [0, 0.1) is 5.92 Å². The Morgan fingerprint density at radius 1 is 1.43 bits per heavy atom. The third-order valence-electron chi connectivity index (χ3n) is 3.14. The summed E-state index contributed by atoms with van der Waals surface area (Å²) in [6.45, 7) is 5.02. The van der Waals surface area contributed by atoms with Crippen molar-refractivity contribution in [1.82, 2.24) is 10.2 Å². The quantitative estimate of drug-likeness (QED) is 0.727. The summed E-state index contributed by atoms with van der Waals surface area (Å²) in [5, 5.41) is 3.26. The standard InChI is InChI=1S/C11H20N2O/c1-2-7-13(10-3-4-10)11(14)9-5-6-12-8-9/h9-10,12H,2-8H2,1H3. The zero-order valence-corrected chi connectivity index (χ0v) is 8.96. The fraction of sp³-hybridized carbons (Fsp3) is 0.909. The van der Waals surface area contributed by atoms with E-state index in [1.165, 1.54) is 12.8 Å². The molecule has 2 aliphatic rings. The summed E-state index contributed by atoms with van der Waals surface area (Å²) in [6, 6.07) is 0.586. The summed E-state index contributed by atoms with van der Waals surface area (Å²) in [4.78, 5) is 14.2. The van der Waals surface area contributed by atoms with Crippen molar-refractivity contribution in [2.75, 3.05) is 19.6 Å². The molecule has 0 radical (unpaired) electrons. The van der Waals surface area contributed by atoms with Gasteiger partial charge in [0.1, 0.15) is 0 Å². The largest absolute Gasteiger partial charge is 0.339 e. The minimum absolute atomic E-state index is 0.266. The molecule has 2 rings (SSSR count). The highest BCUT2D eigenvalue weighted by Crippen LogP contribution is 2.29. The Labute approximate surface area is 85.8 Å². The van der Waals surface area contributed by atoms with Crippen molar-refractivity contribution in [2.24, 2.45) is 5.92 Å². The number of carbonyl (C=O) groups is 1. The van der Waals surface area contributed by atoms with Crippen molar-refractivity contribution < 1.29 is 4.79 Å². The van der Waals surface area contributed by atoms with Crippen molar-refractivity contribution in [3.63, 3.8) is 0 Å². The molecule has 80 valence electrons. The maximum Gasteiger partial charge on any atom is 0.227 e. The van der Waals surface area contributed by atoms with Crippen LogP contribution in [0.4, 0.5) is 0 Å². The van der Waals surface area contributed by atoms with Crippen molar-refractivity contribution in [3.05, 3.63) is 0 Å². The van der Waals surface area contributed by atoms with Gasteiger partial charge in [0.15, 0.2) is 0 Å². The van der Waals surface area contributed by atoms with Crippen molar-refractivity contribution in [2.45, 2.75) is 38.6 Å². The van der Waals surface area contributed by atoms with Gasteiger partial charge in [0, 0.05) is 19.1 Å². The summed E-state index contributed by atoms with van der Waals surface area (Å²) >= 11 is 0. The minimum atomic E-state index is 0.266. The Morgan fingerprint density at radius 3 is 2.71 bits per heavy atom. The van der Waals surface area contributed by atoms with E-state index in [2.05, 4.69) is 17.1 Å². The van der Waals surface area contributed by atoms with Crippen LogP contribution in [0.5, 0.6) is 0 Å². The second-order valence-electron chi connectivity index (χ2n) is 4.45. The Bertz CT molecular complexity index is 207. The maximum absolute atomic E-state index is 12.1. The first-order valence-corrected chi connectivity index (χ1v) is 5.84. The Hall–Kier alpha value is -0.570. The highest BCUT2D eigenvalue weighted by atomic mass is 16.2. The van der Waals surface area contributed by atoms with E-state index in [0.29, 0.717) is 11.9 Å². The molecular weight excluding hydrogens is 176 g/mol. The number of nitrogens with one attached hydrogen (secondary N) is 1. The molecule has 0 aromatic carbocycles. The topological polar surface area (TPSA) is 32.3 Å². The predicted octanol–water partition coefficient (Wildman–Crippen LogP) is 0.997. The maximum atomic E-state index is 12.1. The van der Waals surface area contributed by atoms with Gasteiger partial charge in [-0.15, -0.1) is 0 Å². The molecule has 3 heteroatoms. The molecule has 1 unspecified atom stereocenters. The summed E-state index contributed by atoms with van der Waals surface area (Å²) in [5.74, 6) is 0.668. The molecule has 1 heterocycles. The van der Waals surface area contributed by atoms with Crippen LogP contribution < -0.4 is 5.32 Å². The highest BCUT2D eigenvalue weighted by Gasteiger charge is 2.35. The van der Waals surface area contributed by atoms with Gasteiger partial charge in [-0.25, -0.2) is 0 Å². The molecular formula is C11H20N2O.